The molecule has 1 aromatic carbocycles. The van der Waals surface area contributed by atoms with Gasteiger partial charge in [0, 0.05) is 5.56 Å². The van der Waals surface area contributed by atoms with Gasteiger partial charge >= 0.3 is 6.09 Å². The van der Waals surface area contributed by atoms with E-state index in [0.29, 0.717) is 0 Å². The number of carbonyl (C=O) groups is 2. The lowest BCUT2D eigenvalue weighted by molar-refractivity contribution is 0.1000. The van der Waals surface area contributed by atoms with E-state index in [0.717, 1.165) is 0 Å². The number of primary amides is 1. The molecular formula is C12H12N2O4. The number of amides is 2. The lowest BCUT2D eigenvalue weighted by Gasteiger charge is -2.09. The van der Waals surface area contributed by atoms with Crippen LogP contribution >= 0.6 is 0 Å². The molecule has 0 heterocycles. The number of hydrogen-bond donors (Lipinski definition) is 2. The Hall–Kier alpha value is -2.68. The molecule has 6 heteroatoms. The van der Waals surface area contributed by atoms with E-state index in [1.165, 1.54) is 25.3 Å². The van der Waals surface area contributed by atoms with Crippen LogP contribution in [0.2, 0.25) is 0 Å². The maximum Gasteiger partial charge on any atom is 0.413 e. The van der Waals surface area contributed by atoms with Gasteiger partial charge in [0.15, 0.2) is 11.5 Å². The van der Waals surface area contributed by atoms with E-state index in [4.69, 9.17) is 21.6 Å². The fraction of sp³-hybridized carbons (Fsp3) is 0.167. The van der Waals surface area contributed by atoms with Crippen molar-refractivity contribution in [3.63, 3.8) is 0 Å². The van der Waals surface area contributed by atoms with Crippen molar-refractivity contribution >= 4 is 12.0 Å². The van der Waals surface area contributed by atoms with Crippen LogP contribution in [0, 0.1) is 12.3 Å². The molecule has 0 saturated heterocycles. The summed E-state index contributed by atoms with van der Waals surface area (Å²) >= 11 is 0. The first kappa shape index (κ1) is 13.4. The zero-order chi connectivity index (χ0) is 13.5. The molecule has 0 aromatic heterocycles. The van der Waals surface area contributed by atoms with Gasteiger partial charge in [-0.3, -0.25) is 4.79 Å². The van der Waals surface area contributed by atoms with Crippen LogP contribution in [-0.2, 0) is 0 Å². The van der Waals surface area contributed by atoms with Gasteiger partial charge < -0.3 is 20.5 Å². The van der Waals surface area contributed by atoms with Crippen molar-refractivity contribution in [1.82, 2.24) is 5.32 Å². The van der Waals surface area contributed by atoms with Crippen molar-refractivity contribution in [3.8, 4) is 23.8 Å². The Labute approximate surface area is 104 Å². The molecule has 6 nitrogen and oxygen atoms in total. The minimum Gasteiger partial charge on any atom is -0.493 e. The predicted octanol–water partition coefficient (Wildman–Crippen LogP) is 0.516. The molecule has 0 spiro atoms. The van der Waals surface area contributed by atoms with E-state index in [1.54, 1.807) is 0 Å². The molecule has 1 rings (SSSR count). The molecule has 0 aliphatic carbocycles. The largest absolute Gasteiger partial charge is 0.493 e. The molecule has 0 unspecified atom stereocenters. The highest BCUT2D eigenvalue weighted by molar-refractivity contribution is 5.93. The Morgan fingerprint density at radius 2 is 2.17 bits per heavy atom. The summed E-state index contributed by atoms with van der Waals surface area (Å²) in [4.78, 5) is 22.3. The normalized spacial score (nSPS) is 9.11. The smallest absolute Gasteiger partial charge is 0.413 e. The molecular weight excluding hydrogens is 236 g/mol. The molecule has 0 saturated carbocycles. The van der Waals surface area contributed by atoms with E-state index < -0.39 is 12.0 Å². The summed E-state index contributed by atoms with van der Waals surface area (Å²) in [6, 6.07) is 4.22. The second-order valence-corrected chi connectivity index (χ2v) is 3.18. The van der Waals surface area contributed by atoms with Gasteiger partial charge in [-0.25, -0.2) is 4.79 Å². The first-order valence-electron chi connectivity index (χ1n) is 4.95. The first-order valence-corrected chi connectivity index (χ1v) is 4.95. The third-order valence-electron chi connectivity index (χ3n) is 1.99. The van der Waals surface area contributed by atoms with Crippen molar-refractivity contribution in [2.75, 3.05) is 13.7 Å². The molecule has 2 amide bonds. The number of carbonyl (C=O) groups excluding carboxylic acids is 2. The van der Waals surface area contributed by atoms with Crippen molar-refractivity contribution in [2.24, 2.45) is 5.73 Å². The number of nitrogens with one attached hydrogen (secondary N) is 1. The van der Waals surface area contributed by atoms with Crippen LogP contribution in [0.5, 0.6) is 11.5 Å². The summed E-state index contributed by atoms with van der Waals surface area (Å²) < 4.78 is 9.94. The van der Waals surface area contributed by atoms with Gasteiger partial charge in [0.05, 0.1) is 13.7 Å². The van der Waals surface area contributed by atoms with E-state index in [9.17, 15) is 9.59 Å². The van der Waals surface area contributed by atoms with Gasteiger partial charge in [-0.1, -0.05) is 5.92 Å². The van der Waals surface area contributed by atoms with Gasteiger partial charge in [0.1, 0.15) is 0 Å². The minimum absolute atomic E-state index is 0.0561. The SMILES string of the molecule is C#CCNC(=O)Oc1ccc(C(N)=O)cc1OC. The van der Waals surface area contributed by atoms with Crippen LogP contribution in [-0.4, -0.2) is 25.7 Å². The van der Waals surface area contributed by atoms with Gasteiger partial charge in [0.2, 0.25) is 5.91 Å². The van der Waals surface area contributed by atoms with Crippen LogP contribution in [0.3, 0.4) is 0 Å². The minimum atomic E-state index is -0.710. The number of methoxy groups -OCH3 is 1. The van der Waals surface area contributed by atoms with Crippen LogP contribution < -0.4 is 20.5 Å². The predicted molar refractivity (Wildman–Crippen MR) is 64.4 cm³/mol. The Kier molecular flexibility index (Phi) is 4.58. The summed E-state index contributed by atoms with van der Waals surface area (Å²) in [5, 5.41) is 2.33. The van der Waals surface area contributed by atoms with Crippen molar-refractivity contribution in [3.05, 3.63) is 23.8 Å². The molecule has 94 valence electrons. The van der Waals surface area contributed by atoms with Crippen molar-refractivity contribution in [1.29, 1.82) is 0 Å². The van der Waals surface area contributed by atoms with Crippen molar-refractivity contribution < 1.29 is 19.1 Å². The molecule has 1 aromatic rings. The van der Waals surface area contributed by atoms with E-state index in [-0.39, 0.29) is 23.6 Å². The maximum atomic E-state index is 11.3. The third kappa shape index (κ3) is 3.42. The average Bonchev–Trinajstić information content (AvgIpc) is 2.36. The Bertz CT molecular complexity index is 505. The summed E-state index contributed by atoms with van der Waals surface area (Å²) in [5.74, 6) is 2.02. The van der Waals surface area contributed by atoms with Gasteiger partial charge in [-0.05, 0) is 18.2 Å². The Morgan fingerprint density at radius 3 is 2.72 bits per heavy atom. The van der Waals surface area contributed by atoms with E-state index >= 15 is 0 Å². The number of terminal acetylenes is 1. The second kappa shape index (κ2) is 6.15. The lowest BCUT2D eigenvalue weighted by Crippen LogP contribution is -2.27. The number of rotatable bonds is 4. The molecule has 0 bridgehead atoms. The summed E-state index contributed by atoms with van der Waals surface area (Å²) in [6.07, 6.45) is 4.27. The maximum absolute atomic E-state index is 11.3. The fourth-order valence-corrected chi connectivity index (χ4v) is 1.16. The van der Waals surface area contributed by atoms with Gasteiger partial charge in [-0.2, -0.15) is 0 Å². The van der Waals surface area contributed by atoms with Gasteiger partial charge in [-0.15, -0.1) is 6.42 Å². The average molecular weight is 248 g/mol. The molecule has 3 N–H and O–H groups in total. The van der Waals surface area contributed by atoms with E-state index in [2.05, 4.69) is 11.2 Å². The highest BCUT2D eigenvalue weighted by Crippen LogP contribution is 2.27. The van der Waals surface area contributed by atoms with Gasteiger partial charge in [0.25, 0.3) is 0 Å². The zero-order valence-corrected chi connectivity index (χ0v) is 9.73. The Morgan fingerprint density at radius 1 is 1.44 bits per heavy atom. The highest BCUT2D eigenvalue weighted by atomic mass is 16.6. The summed E-state index contributed by atoms with van der Waals surface area (Å²) in [6.45, 7) is 0.0561. The van der Waals surface area contributed by atoms with Crippen LogP contribution in [0.1, 0.15) is 10.4 Å². The number of ether oxygens (including phenoxy) is 2. The van der Waals surface area contributed by atoms with Crippen LogP contribution in [0.25, 0.3) is 0 Å². The number of benzene rings is 1. The first-order chi connectivity index (χ1) is 8.58. The molecule has 0 aliphatic rings. The Balaban J connectivity index is 2.86. The number of nitrogens with two attached hydrogens (primary N) is 1. The topological polar surface area (TPSA) is 90.6 Å². The standard InChI is InChI=1S/C12H12N2O4/c1-3-6-14-12(16)18-9-5-4-8(11(13)15)7-10(9)17-2/h1,4-5,7H,6H2,2H3,(H2,13,15)(H,14,16). The molecule has 0 fully saturated rings. The second-order valence-electron chi connectivity index (χ2n) is 3.18. The summed E-state index contributed by atoms with van der Waals surface area (Å²) in [7, 11) is 1.38. The third-order valence-corrected chi connectivity index (χ3v) is 1.99. The molecule has 0 atom stereocenters. The fourth-order valence-electron chi connectivity index (χ4n) is 1.16. The highest BCUT2D eigenvalue weighted by Gasteiger charge is 2.11. The molecule has 0 aliphatic heterocycles. The zero-order valence-electron chi connectivity index (χ0n) is 9.73. The monoisotopic (exact) mass is 248 g/mol. The summed E-state index contributed by atoms with van der Waals surface area (Å²) in [5.41, 5.74) is 5.37. The molecule has 0 radical (unpaired) electrons. The quantitative estimate of drug-likeness (QED) is 0.760. The molecule has 18 heavy (non-hydrogen) atoms. The van der Waals surface area contributed by atoms with Crippen molar-refractivity contribution in [2.45, 2.75) is 0 Å². The van der Waals surface area contributed by atoms with E-state index in [1.807, 2.05) is 0 Å². The number of hydrogen-bond acceptors (Lipinski definition) is 4. The van der Waals surface area contributed by atoms with Crippen LogP contribution in [0.4, 0.5) is 4.79 Å². The van der Waals surface area contributed by atoms with Crippen LogP contribution in [0.15, 0.2) is 18.2 Å². The lowest BCUT2D eigenvalue weighted by atomic mass is 10.2.